The molecule has 2 saturated heterocycles. The second-order valence-electron chi connectivity index (χ2n) is 9.71. The van der Waals surface area contributed by atoms with E-state index in [0.717, 1.165) is 32.1 Å². The van der Waals surface area contributed by atoms with Gasteiger partial charge in [-0.05, 0) is 65.7 Å². The number of unbranched alkanes of at least 4 members (excludes halogenated alkanes) is 7. The lowest BCUT2D eigenvalue weighted by Crippen LogP contribution is -2.54. The molecule has 0 aromatic carbocycles. The Morgan fingerprint density at radius 3 is 2.11 bits per heavy atom. The minimum absolute atomic E-state index is 0.147. The van der Waals surface area contributed by atoms with Crippen molar-refractivity contribution in [2.24, 2.45) is 0 Å². The Balaban J connectivity index is 1.68. The van der Waals surface area contributed by atoms with E-state index >= 15 is 0 Å². The van der Waals surface area contributed by atoms with E-state index in [4.69, 9.17) is 4.74 Å². The highest BCUT2D eigenvalue weighted by Gasteiger charge is 2.49. The SMILES string of the molecule is C=CCCCCCCCCCC1(O)CC2CCC(C1)N2C(=O)OC(C)(C)C. The van der Waals surface area contributed by atoms with E-state index in [1.165, 1.54) is 38.5 Å². The Morgan fingerprint density at radius 1 is 1.07 bits per heavy atom. The summed E-state index contributed by atoms with van der Waals surface area (Å²) in [6.07, 6.45) is 16.0. The van der Waals surface area contributed by atoms with Gasteiger partial charge in [-0.15, -0.1) is 6.58 Å². The summed E-state index contributed by atoms with van der Waals surface area (Å²) in [6.45, 7) is 9.49. The van der Waals surface area contributed by atoms with Gasteiger partial charge in [0, 0.05) is 12.1 Å². The predicted octanol–water partition coefficient (Wildman–Crippen LogP) is 5.98. The molecular formula is C23H41NO3. The van der Waals surface area contributed by atoms with Gasteiger partial charge in [0.1, 0.15) is 5.60 Å². The Kier molecular flexibility index (Phi) is 8.20. The average Bonchev–Trinajstić information content (AvgIpc) is 2.85. The van der Waals surface area contributed by atoms with Gasteiger partial charge in [0.05, 0.1) is 5.60 Å². The lowest BCUT2D eigenvalue weighted by Gasteiger charge is -2.44. The molecule has 2 aliphatic rings. The number of allylic oxidation sites excluding steroid dienone is 1. The van der Waals surface area contributed by atoms with Gasteiger partial charge >= 0.3 is 6.09 Å². The molecule has 0 saturated carbocycles. The highest BCUT2D eigenvalue weighted by Crippen LogP contribution is 2.43. The molecule has 2 aliphatic heterocycles. The molecule has 0 spiro atoms. The van der Waals surface area contributed by atoms with Crippen LogP contribution in [-0.4, -0.2) is 39.4 Å². The predicted molar refractivity (Wildman–Crippen MR) is 111 cm³/mol. The number of rotatable bonds is 10. The summed E-state index contributed by atoms with van der Waals surface area (Å²) >= 11 is 0. The first-order chi connectivity index (χ1) is 12.7. The van der Waals surface area contributed by atoms with Gasteiger partial charge in [-0.3, -0.25) is 0 Å². The van der Waals surface area contributed by atoms with Crippen molar-refractivity contribution in [2.75, 3.05) is 0 Å². The van der Waals surface area contributed by atoms with Crippen LogP contribution in [-0.2, 0) is 4.74 Å². The Hall–Kier alpha value is -1.03. The van der Waals surface area contributed by atoms with Crippen molar-refractivity contribution < 1.29 is 14.6 Å². The second-order valence-corrected chi connectivity index (χ2v) is 9.71. The number of carbonyl (C=O) groups is 1. The summed E-state index contributed by atoms with van der Waals surface area (Å²) in [6, 6.07) is 0.293. The molecule has 0 aromatic heterocycles. The van der Waals surface area contributed by atoms with Crippen LogP contribution in [0.25, 0.3) is 0 Å². The largest absolute Gasteiger partial charge is 0.444 e. The van der Waals surface area contributed by atoms with Crippen molar-refractivity contribution in [2.45, 2.75) is 128 Å². The molecule has 2 unspecified atom stereocenters. The molecule has 0 aliphatic carbocycles. The standard InChI is InChI=1S/C23H41NO3/c1-5-6-7-8-9-10-11-12-13-16-23(26)17-19-14-15-20(18-23)24(19)21(25)27-22(2,3)4/h5,19-20,26H,1,6-18H2,2-4H3. The number of fused-ring (bicyclic) bond motifs is 2. The number of amides is 1. The fourth-order valence-corrected chi connectivity index (χ4v) is 4.77. The molecule has 1 amide bonds. The van der Waals surface area contributed by atoms with Gasteiger partial charge in [0.25, 0.3) is 0 Å². The molecule has 2 fully saturated rings. The van der Waals surface area contributed by atoms with Crippen molar-refractivity contribution in [3.05, 3.63) is 12.7 Å². The monoisotopic (exact) mass is 379 g/mol. The van der Waals surface area contributed by atoms with E-state index in [1.54, 1.807) is 0 Å². The van der Waals surface area contributed by atoms with Crippen LogP contribution in [0.1, 0.15) is 104 Å². The number of carbonyl (C=O) groups excluding carboxylic acids is 1. The van der Waals surface area contributed by atoms with Crippen LogP contribution in [0, 0.1) is 0 Å². The second kappa shape index (κ2) is 9.95. The maximum Gasteiger partial charge on any atom is 0.410 e. The van der Waals surface area contributed by atoms with Crippen LogP contribution < -0.4 is 0 Å². The molecule has 2 rings (SSSR count). The summed E-state index contributed by atoms with van der Waals surface area (Å²) in [5.41, 5.74) is -1.05. The first-order valence-electron chi connectivity index (χ1n) is 11.1. The molecule has 1 N–H and O–H groups in total. The maximum absolute atomic E-state index is 12.5. The molecule has 2 bridgehead atoms. The van der Waals surface area contributed by atoms with E-state index in [9.17, 15) is 9.90 Å². The van der Waals surface area contributed by atoms with E-state index in [-0.39, 0.29) is 18.2 Å². The highest BCUT2D eigenvalue weighted by molar-refractivity contribution is 5.69. The average molecular weight is 380 g/mol. The lowest BCUT2D eigenvalue weighted by molar-refractivity contribution is -0.0635. The molecule has 27 heavy (non-hydrogen) atoms. The molecule has 4 heteroatoms. The van der Waals surface area contributed by atoms with Crippen molar-refractivity contribution in [3.8, 4) is 0 Å². The fourth-order valence-electron chi connectivity index (χ4n) is 4.77. The van der Waals surface area contributed by atoms with Gasteiger partial charge in [-0.2, -0.15) is 0 Å². The third-order valence-electron chi connectivity index (χ3n) is 6.01. The summed E-state index contributed by atoms with van der Waals surface area (Å²) < 4.78 is 5.59. The van der Waals surface area contributed by atoms with Crippen LogP contribution >= 0.6 is 0 Å². The van der Waals surface area contributed by atoms with E-state index in [1.807, 2.05) is 31.7 Å². The number of piperidine rings is 1. The summed E-state index contributed by atoms with van der Waals surface area (Å²) in [4.78, 5) is 14.4. The van der Waals surface area contributed by atoms with Gasteiger partial charge in [-0.25, -0.2) is 4.79 Å². The zero-order chi connectivity index (χ0) is 19.9. The van der Waals surface area contributed by atoms with Crippen molar-refractivity contribution in [1.82, 2.24) is 4.90 Å². The van der Waals surface area contributed by atoms with Gasteiger partial charge < -0.3 is 14.7 Å². The van der Waals surface area contributed by atoms with Crippen LogP contribution in [0.4, 0.5) is 4.79 Å². The van der Waals surface area contributed by atoms with Crippen molar-refractivity contribution >= 4 is 6.09 Å². The minimum atomic E-state index is -0.589. The van der Waals surface area contributed by atoms with Crippen molar-refractivity contribution in [1.29, 1.82) is 0 Å². The molecule has 4 nitrogen and oxygen atoms in total. The smallest absolute Gasteiger partial charge is 0.410 e. The number of ether oxygens (including phenoxy) is 1. The van der Waals surface area contributed by atoms with E-state index in [2.05, 4.69) is 6.58 Å². The first-order valence-corrected chi connectivity index (χ1v) is 11.1. The Bertz CT molecular complexity index is 469. The number of hydrogen-bond donors (Lipinski definition) is 1. The molecule has 156 valence electrons. The Morgan fingerprint density at radius 2 is 1.59 bits per heavy atom. The number of nitrogens with zero attached hydrogens (tertiary/aromatic N) is 1. The van der Waals surface area contributed by atoms with Crippen LogP contribution in [0.2, 0.25) is 0 Å². The minimum Gasteiger partial charge on any atom is -0.444 e. The van der Waals surface area contributed by atoms with E-state index < -0.39 is 11.2 Å². The molecule has 2 heterocycles. The molecular weight excluding hydrogens is 338 g/mol. The molecule has 2 atom stereocenters. The van der Waals surface area contributed by atoms with Crippen LogP contribution in [0.3, 0.4) is 0 Å². The fraction of sp³-hybridized carbons (Fsp3) is 0.870. The van der Waals surface area contributed by atoms with E-state index in [0.29, 0.717) is 12.8 Å². The third kappa shape index (κ3) is 7.14. The van der Waals surface area contributed by atoms with Gasteiger partial charge in [0.15, 0.2) is 0 Å². The molecule has 0 radical (unpaired) electrons. The first kappa shape index (κ1) is 22.3. The van der Waals surface area contributed by atoms with Crippen LogP contribution in [0.5, 0.6) is 0 Å². The molecule has 0 aromatic rings. The van der Waals surface area contributed by atoms with Gasteiger partial charge in [-0.1, -0.05) is 44.6 Å². The zero-order valence-corrected chi connectivity index (χ0v) is 17.8. The summed E-state index contributed by atoms with van der Waals surface area (Å²) in [5.74, 6) is 0. The number of aliphatic hydroxyl groups is 1. The maximum atomic E-state index is 12.5. The third-order valence-corrected chi connectivity index (χ3v) is 6.01. The quantitative estimate of drug-likeness (QED) is 0.375. The summed E-state index contributed by atoms with van der Waals surface area (Å²) in [5, 5.41) is 11.1. The Labute approximate surface area is 166 Å². The lowest BCUT2D eigenvalue weighted by atomic mass is 9.82. The number of hydrogen-bond acceptors (Lipinski definition) is 3. The van der Waals surface area contributed by atoms with Crippen molar-refractivity contribution in [3.63, 3.8) is 0 Å². The van der Waals surface area contributed by atoms with Gasteiger partial charge in [0.2, 0.25) is 0 Å². The van der Waals surface area contributed by atoms with Crippen LogP contribution in [0.15, 0.2) is 12.7 Å². The highest BCUT2D eigenvalue weighted by atomic mass is 16.6. The topological polar surface area (TPSA) is 49.8 Å². The zero-order valence-electron chi connectivity index (χ0n) is 17.8. The summed E-state index contributed by atoms with van der Waals surface area (Å²) in [7, 11) is 0. The normalized spacial score (nSPS) is 27.6.